The Hall–Kier alpha value is -1.42. The van der Waals surface area contributed by atoms with Crippen molar-refractivity contribution in [3.05, 3.63) is 35.9 Å². The van der Waals surface area contributed by atoms with Gasteiger partial charge in [0.25, 0.3) is 0 Å². The summed E-state index contributed by atoms with van der Waals surface area (Å²) in [7, 11) is 0. The molecule has 1 saturated carbocycles. The molecule has 0 aliphatic heterocycles. The van der Waals surface area contributed by atoms with Crippen LogP contribution in [0.25, 0.3) is 0 Å². The van der Waals surface area contributed by atoms with E-state index in [0.29, 0.717) is 5.11 Å². The fourth-order valence-corrected chi connectivity index (χ4v) is 2.27. The van der Waals surface area contributed by atoms with Gasteiger partial charge < -0.3 is 5.32 Å². The number of nitrogens with one attached hydrogen (secondary N) is 2. The summed E-state index contributed by atoms with van der Waals surface area (Å²) >= 11 is 5.22. The Labute approximate surface area is 120 Å². The van der Waals surface area contributed by atoms with Crippen molar-refractivity contribution >= 4 is 23.0 Å². The van der Waals surface area contributed by atoms with Gasteiger partial charge in [0, 0.05) is 12.3 Å². The highest BCUT2D eigenvalue weighted by Gasteiger charge is 2.13. The number of hydrogen-bond donors (Lipinski definition) is 2. The Morgan fingerprint density at radius 3 is 2.63 bits per heavy atom. The molecule has 0 heterocycles. The average molecular weight is 275 g/mol. The van der Waals surface area contributed by atoms with Gasteiger partial charge in [0.15, 0.2) is 5.11 Å². The van der Waals surface area contributed by atoms with E-state index in [1.54, 1.807) is 0 Å². The Kier molecular flexibility index (Phi) is 5.33. The van der Waals surface area contributed by atoms with E-state index in [2.05, 4.69) is 34.9 Å². The zero-order chi connectivity index (χ0) is 13.5. The van der Waals surface area contributed by atoms with Crippen molar-refractivity contribution in [2.45, 2.75) is 39.2 Å². The molecule has 0 atom stereocenters. The first-order chi connectivity index (χ1) is 9.24. The highest BCUT2D eigenvalue weighted by molar-refractivity contribution is 7.80. The predicted octanol–water partition coefficient (Wildman–Crippen LogP) is 3.22. The Bertz CT molecular complexity index is 432. The van der Waals surface area contributed by atoms with Crippen LogP contribution in [0.4, 0.5) is 0 Å². The fraction of sp³-hybridized carbons (Fsp3) is 0.467. The summed E-state index contributed by atoms with van der Waals surface area (Å²) in [5, 5.41) is 8.15. The highest BCUT2D eigenvalue weighted by Crippen LogP contribution is 2.20. The molecule has 0 bridgehead atoms. The zero-order valence-corrected chi connectivity index (χ0v) is 12.2. The van der Waals surface area contributed by atoms with Crippen molar-refractivity contribution in [3.63, 3.8) is 0 Å². The van der Waals surface area contributed by atoms with E-state index in [1.807, 2.05) is 18.2 Å². The monoisotopic (exact) mass is 275 g/mol. The Balaban J connectivity index is 1.71. The molecule has 1 aliphatic carbocycles. The highest BCUT2D eigenvalue weighted by atomic mass is 32.1. The van der Waals surface area contributed by atoms with Gasteiger partial charge in [-0.15, -0.1) is 0 Å². The van der Waals surface area contributed by atoms with Crippen molar-refractivity contribution in [1.29, 1.82) is 0 Å². The van der Waals surface area contributed by atoms with Gasteiger partial charge in [-0.2, -0.15) is 5.10 Å². The molecule has 0 radical (unpaired) electrons. The van der Waals surface area contributed by atoms with E-state index in [-0.39, 0.29) is 0 Å². The molecule has 2 rings (SSSR count). The maximum Gasteiger partial charge on any atom is 0.187 e. The third kappa shape index (κ3) is 4.99. The third-order valence-corrected chi connectivity index (χ3v) is 3.70. The summed E-state index contributed by atoms with van der Waals surface area (Å²) in [6, 6.07) is 10.2. The first-order valence-corrected chi connectivity index (χ1v) is 7.28. The summed E-state index contributed by atoms with van der Waals surface area (Å²) in [6.45, 7) is 3.03. The molecule has 4 heteroatoms. The van der Waals surface area contributed by atoms with Crippen LogP contribution >= 0.6 is 12.2 Å². The second-order valence-electron chi connectivity index (χ2n) is 5.14. The van der Waals surface area contributed by atoms with Crippen molar-refractivity contribution < 1.29 is 0 Å². The zero-order valence-electron chi connectivity index (χ0n) is 11.4. The standard InChI is InChI=1S/C15H21N3S/c1-12-7-9-14(10-8-12)17-18-15(19)16-11-13-5-3-2-4-6-13/h2-6,12H,7-11H2,1H3,(H2,16,18,19). The van der Waals surface area contributed by atoms with Crippen molar-refractivity contribution in [1.82, 2.24) is 10.7 Å². The smallest absolute Gasteiger partial charge is 0.187 e. The van der Waals surface area contributed by atoms with Gasteiger partial charge in [-0.3, -0.25) is 5.43 Å². The number of rotatable bonds is 3. The van der Waals surface area contributed by atoms with Crippen LogP contribution in [0.5, 0.6) is 0 Å². The van der Waals surface area contributed by atoms with Crippen molar-refractivity contribution in [2.24, 2.45) is 11.0 Å². The fourth-order valence-electron chi connectivity index (χ4n) is 2.15. The van der Waals surface area contributed by atoms with E-state index in [4.69, 9.17) is 12.2 Å². The summed E-state index contributed by atoms with van der Waals surface area (Å²) in [5.74, 6) is 0.835. The third-order valence-electron chi connectivity index (χ3n) is 3.46. The number of hydrogen-bond acceptors (Lipinski definition) is 2. The summed E-state index contributed by atoms with van der Waals surface area (Å²) < 4.78 is 0. The topological polar surface area (TPSA) is 36.4 Å². The molecule has 102 valence electrons. The lowest BCUT2D eigenvalue weighted by Gasteiger charge is -2.19. The molecule has 2 N–H and O–H groups in total. The van der Waals surface area contributed by atoms with E-state index in [1.165, 1.54) is 24.1 Å². The second kappa shape index (κ2) is 7.24. The number of nitrogens with zero attached hydrogens (tertiary/aromatic N) is 1. The van der Waals surface area contributed by atoms with Crippen molar-refractivity contribution in [3.8, 4) is 0 Å². The quantitative estimate of drug-likeness (QED) is 0.657. The SMILES string of the molecule is CC1CCC(=NNC(=S)NCc2ccccc2)CC1. The van der Waals surface area contributed by atoms with E-state index in [9.17, 15) is 0 Å². The molecular weight excluding hydrogens is 254 g/mol. The minimum absolute atomic E-state index is 0.593. The molecular formula is C15H21N3S. The number of thiocarbonyl (C=S) groups is 1. The minimum Gasteiger partial charge on any atom is -0.357 e. The minimum atomic E-state index is 0.593. The lowest BCUT2D eigenvalue weighted by Crippen LogP contribution is -2.32. The van der Waals surface area contributed by atoms with Gasteiger partial charge in [-0.05, 0) is 49.4 Å². The van der Waals surface area contributed by atoms with E-state index < -0.39 is 0 Å². The molecule has 19 heavy (non-hydrogen) atoms. The Morgan fingerprint density at radius 1 is 1.26 bits per heavy atom. The molecule has 1 aromatic carbocycles. The lowest BCUT2D eigenvalue weighted by atomic mass is 9.90. The lowest BCUT2D eigenvalue weighted by molar-refractivity contribution is 0.482. The number of hydrazone groups is 1. The maximum atomic E-state index is 5.22. The molecule has 0 amide bonds. The van der Waals surface area contributed by atoms with Gasteiger partial charge in [-0.25, -0.2) is 0 Å². The molecule has 1 aliphatic rings. The van der Waals surface area contributed by atoms with Crippen LogP contribution < -0.4 is 10.7 Å². The molecule has 3 nitrogen and oxygen atoms in total. The van der Waals surface area contributed by atoms with Gasteiger partial charge >= 0.3 is 0 Å². The van der Waals surface area contributed by atoms with Crippen LogP contribution in [-0.4, -0.2) is 10.8 Å². The summed E-state index contributed by atoms with van der Waals surface area (Å²) in [6.07, 6.45) is 4.67. The van der Waals surface area contributed by atoms with Crippen LogP contribution in [0.1, 0.15) is 38.2 Å². The van der Waals surface area contributed by atoms with Crippen LogP contribution in [0.3, 0.4) is 0 Å². The molecule has 0 aromatic heterocycles. The van der Waals surface area contributed by atoms with E-state index in [0.717, 1.165) is 25.3 Å². The van der Waals surface area contributed by atoms with Crippen LogP contribution in [0.15, 0.2) is 35.4 Å². The normalized spacial score (nSPS) is 18.8. The molecule has 1 aromatic rings. The van der Waals surface area contributed by atoms with Gasteiger partial charge in [0.2, 0.25) is 0 Å². The average Bonchev–Trinajstić information content (AvgIpc) is 2.45. The first-order valence-electron chi connectivity index (χ1n) is 6.87. The molecule has 0 spiro atoms. The van der Waals surface area contributed by atoms with E-state index >= 15 is 0 Å². The summed E-state index contributed by atoms with van der Waals surface area (Å²) in [4.78, 5) is 0. The van der Waals surface area contributed by atoms with Crippen LogP contribution in [0.2, 0.25) is 0 Å². The second-order valence-corrected chi connectivity index (χ2v) is 5.55. The largest absolute Gasteiger partial charge is 0.357 e. The molecule has 1 fully saturated rings. The molecule has 0 saturated heterocycles. The van der Waals surface area contributed by atoms with Crippen LogP contribution in [-0.2, 0) is 6.54 Å². The van der Waals surface area contributed by atoms with Gasteiger partial charge in [0.05, 0.1) is 0 Å². The maximum absolute atomic E-state index is 5.22. The predicted molar refractivity (Wildman–Crippen MR) is 84.1 cm³/mol. The van der Waals surface area contributed by atoms with Crippen LogP contribution in [0, 0.1) is 5.92 Å². The van der Waals surface area contributed by atoms with Crippen molar-refractivity contribution in [2.75, 3.05) is 0 Å². The summed E-state index contributed by atoms with van der Waals surface area (Å²) in [5.41, 5.74) is 5.40. The van der Waals surface area contributed by atoms with Gasteiger partial charge in [-0.1, -0.05) is 37.3 Å². The Morgan fingerprint density at radius 2 is 1.95 bits per heavy atom. The molecule has 0 unspecified atom stereocenters. The van der Waals surface area contributed by atoms with Gasteiger partial charge in [0.1, 0.15) is 0 Å². The number of benzene rings is 1. The first kappa shape index (κ1) is 14.0.